The number of allylic oxidation sites excluding steroid dienone is 3. The summed E-state index contributed by atoms with van der Waals surface area (Å²) in [5.41, 5.74) is 0. The predicted molar refractivity (Wildman–Crippen MR) is 250 cm³/mol. The van der Waals surface area contributed by atoms with Crippen molar-refractivity contribution in [2.75, 3.05) is 47.5 Å². The van der Waals surface area contributed by atoms with Crippen molar-refractivity contribution in [1.82, 2.24) is 0 Å². The zero-order chi connectivity index (χ0) is 44.3. The first kappa shape index (κ1) is 58.5. The maximum absolute atomic E-state index is 12.7. The quantitative estimate of drug-likeness (QED) is 0.0148. The zero-order valence-electron chi connectivity index (χ0n) is 39.9. The van der Waals surface area contributed by atoms with E-state index < -0.39 is 32.5 Å². The molecule has 0 aliphatic carbocycles. The fraction of sp³-hybridized carbons (Fsp3) is 0.880. The van der Waals surface area contributed by atoms with Gasteiger partial charge < -0.3 is 27.9 Å². The summed E-state index contributed by atoms with van der Waals surface area (Å²) in [7, 11) is 1.13. The molecule has 0 aromatic carbocycles. The molecule has 0 aromatic rings. The summed E-state index contributed by atoms with van der Waals surface area (Å²) in [5.74, 6) is -1.07. The van der Waals surface area contributed by atoms with Crippen molar-refractivity contribution in [3.63, 3.8) is 0 Å². The lowest BCUT2D eigenvalue weighted by molar-refractivity contribution is -0.870. The van der Waals surface area contributed by atoms with E-state index >= 15 is 0 Å². The fourth-order valence-corrected chi connectivity index (χ4v) is 7.89. The molecule has 2 atom stereocenters. The van der Waals surface area contributed by atoms with Gasteiger partial charge >= 0.3 is 11.9 Å². The maximum Gasteiger partial charge on any atom is 0.330 e. The first-order chi connectivity index (χ1) is 29.0. The van der Waals surface area contributed by atoms with Crippen LogP contribution in [-0.2, 0) is 32.7 Å². The highest BCUT2D eigenvalue weighted by Gasteiger charge is 2.21. The van der Waals surface area contributed by atoms with Gasteiger partial charge in [0.2, 0.25) is 0 Å². The molecule has 0 aromatic heterocycles. The maximum atomic E-state index is 12.7. The van der Waals surface area contributed by atoms with E-state index in [9.17, 15) is 19.0 Å². The van der Waals surface area contributed by atoms with Crippen LogP contribution in [0.3, 0.4) is 0 Å². The molecule has 0 bridgehead atoms. The number of esters is 2. The third kappa shape index (κ3) is 46.0. The van der Waals surface area contributed by atoms with E-state index in [-0.39, 0.29) is 19.6 Å². The number of phosphoric ester groups is 1. The van der Waals surface area contributed by atoms with Gasteiger partial charge in [0.1, 0.15) is 19.8 Å². The minimum absolute atomic E-state index is 0.0409. The van der Waals surface area contributed by atoms with Gasteiger partial charge in [0.25, 0.3) is 7.82 Å². The number of quaternary nitrogens is 1. The number of unbranched alkanes of at least 4 members (excludes halogenated alkanes) is 31. The number of ether oxygens (including phenoxy) is 2. The Balaban J connectivity index is 4.29. The summed E-state index contributed by atoms with van der Waals surface area (Å²) < 4.78 is 33.8. The third-order valence-corrected chi connectivity index (χ3v) is 12.0. The van der Waals surface area contributed by atoms with Crippen LogP contribution < -0.4 is 4.89 Å². The Morgan fingerprint density at radius 1 is 0.550 bits per heavy atom. The van der Waals surface area contributed by atoms with Gasteiger partial charge in [-0.25, -0.2) is 4.79 Å². The van der Waals surface area contributed by atoms with Crippen LogP contribution in [0, 0.1) is 0 Å². The van der Waals surface area contributed by atoms with Crippen molar-refractivity contribution in [1.29, 1.82) is 0 Å². The Kier molecular flexibility index (Phi) is 41.7. The monoisotopic (exact) mass is 870 g/mol. The molecule has 0 amide bonds. The average Bonchev–Trinajstić information content (AvgIpc) is 3.20. The van der Waals surface area contributed by atoms with Gasteiger partial charge in [0.15, 0.2) is 6.10 Å². The minimum atomic E-state index is -4.64. The van der Waals surface area contributed by atoms with Crippen LogP contribution in [0.25, 0.3) is 0 Å². The van der Waals surface area contributed by atoms with E-state index in [1.807, 2.05) is 33.3 Å². The van der Waals surface area contributed by atoms with Gasteiger partial charge in [-0.3, -0.25) is 9.36 Å². The molecule has 10 heteroatoms. The van der Waals surface area contributed by atoms with Crippen molar-refractivity contribution >= 4 is 19.8 Å². The summed E-state index contributed by atoms with van der Waals surface area (Å²) in [6.07, 6.45) is 48.4. The molecular formula is C50H96NO8P. The lowest BCUT2D eigenvalue weighted by Crippen LogP contribution is -2.37. The van der Waals surface area contributed by atoms with Crippen LogP contribution in [0.2, 0.25) is 0 Å². The molecule has 0 radical (unpaired) electrons. The second kappa shape index (κ2) is 42.8. The van der Waals surface area contributed by atoms with E-state index in [1.54, 1.807) is 6.08 Å². The van der Waals surface area contributed by atoms with Gasteiger partial charge in [-0.15, -0.1) is 0 Å². The molecule has 0 fully saturated rings. The second-order valence-corrected chi connectivity index (χ2v) is 19.7. The van der Waals surface area contributed by atoms with E-state index in [1.165, 1.54) is 179 Å². The molecule has 0 saturated heterocycles. The Hall–Kier alpha value is -1.51. The van der Waals surface area contributed by atoms with Crippen LogP contribution >= 0.6 is 7.82 Å². The highest BCUT2D eigenvalue weighted by molar-refractivity contribution is 7.45. The van der Waals surface area contributed by atoms with Gasteiger partial charge in [-0.05, 0) is 19.3 Å². The van der Waals surface area contributed by atoms with Crippen molar-refractivity contribution in [3.8, 4) is 0 Å². The number of phosphoric acid groups is 1. The average molecular weight is 870 g/mol. The second-order valence-electron chi connectivity index (χ2n) is 18.3. The smallest absolute Gasteiger partial charge is 0.330 e. The van der Waals surface area contributed by atoms with E-state index in [0.717, 1.165) is 32.1 Å². The molecular weight excluding hydrogens is 774 g/mol. The van der Waals surface area contributed by atoms with Crippen LogP contribution in [0.5, 0.6) is 0 Å². The Bertz CT molecular complexity index is 1070. The number of likely N-dealkylation sites (N-methyl/N-ethyl adjacent to an activating group) is 1. The van der Waals surface area contributed by atoms with Crippen molar-refractivity contribution in [3.05, 3.63) is 24.3 Å². The third-order valence-electron chi connectivity index (χ3n) is 11.1. The van der Waals surface area contributed by atoms with Gasteiger partial charge in [0.05, 0.1) is 27.7 Å². The SMILES string of the molecule is CCCCCCCCCCCCC/C=C/C=C/C(=O)OC[C@H](COP(=O)([O-])OCC[N+](C)(C)C)OC(=O)CCCCCCCCCCCCCCCCCCCCCCC. The van der Waals surface area contributed by atoms with Crippen LogP contribution in [0.4, 0.5) is 0 Å². The minimum Gasteiger partial charge on any atom is -0.756 e. The molecule has 0 saturated carbocycles. The van der Waals surface area contributed by atoms with Crippen molar-refractivity contribution in [2.45, 2.75) is 238 Å². The molecule has 0 spiro atoms. The molecule has 9 nitrogen and oxygen atoms in total. The van der Waals surface area contributed by atoms with E-state index in [4.69, 9.17) is 18.5 Å². The van der Waals surface area contributed by atoms with E-state index in [0.29, 0.717) is 17.4 Å². The molecule has 0 aliphatic rings. The summed E-state index contributed by atoms with van der Waals surface area (Å²) >= 11 is 0. The number of rotatable bonds is 46. The molecule has 1 unspecified atom stereocenters. The number of hydrogen-bond acceptors (Lipinski definition) is 8. The summed E-state index contributed by atoms with van der Waals surface area (Å²) in [5, 5.41) is 0. The normalized spacial score (nSPS) is 13.6. The summed E-state index contributed by atoms with van der Waals surface area (Å²) in [4.78, 5) is 37.5. The van der Waals surface area contributed by atoms with E-state index in [2.05, 4.69) is 13.8 Å². The standard InChI is InChI=1S/C50H96NO8P/c1-6-8-10-12-14-16-18-20-22-23-24-25-26-27-29-31-33-35-37-39-41-43-50(53)59-48(47-58-60(54,55)57-45-44-51(3,4)5)46-56-49(52)42-40-38-36-34-32-30-28-21-19-17-15-13-11-9-7-2/h36,38,40,42,48H,6-35,37,39,41,43-47H2,1-5H3/b38-36+,42-40+/t48-/m1/s1. The molecule has 60 heavy (non-hydrogen) atoms. The van der Waals surface area contributed by atoms with Crippen molar-refractivity contribution in [2.24, 2.45) is 0 Å². The fourth-order valence-electron chi connectivity index (χ4n) is 7.16. The van der Waals surface area contributed by atoms with Gasteiger partial charge in [0, 0.05) is 12.5 Å². The molecule has 0 N–H and O–H groups in total. The first-order valence-corrected chi connectivity index (χ1v) is 26.5. The Morgan fingerprint density at radius 2 is 0.950 bits per heavy atom. The Morgan fingerprint density at radius 3 is 1.37 bits per heavy atom. The highest BCUT2D eigenvalue weighted by Crippen LogP contribution is 2.38. The van der Waals surface area contributed by atoms with Crippen LogP contribution in [0.15, 0.2) is 24.3 Å². The zero-order valence-corrected chi connectivity index (χ0v) is 40.8. The summed E-state index contributed by atoms with van der Waals surface area (Å²) in [6, 6.07) is 0. The molecule has 0 aliphatic heterocycles. The van der Waals surface area contributed by atoms with Crippen LogP contribution in [-0.4, -0.2) is 70.0 Å². The lowest BCUT2D eigenvalue weighted by Gasteiger charge is -2.28. The van der Waals surface area contributed by atoms with Crippen LogP contribution in [0.1, 0.15) is 232 Å². The Labute approximate surface area is 370 Å². The van der Waals surface area contributed by atoms with Gasteiger partial charge in [-0.1, -0.05) is 225 Å². The first-order valence-electron chi connectivity index (χ1n) is 25.1. The van der Waals surface area contributed by atoms with Gasteiger partial charge in [-0.2, -0.15) is 0 Å². The number of carbonyl (C=O) groups excluding carboxylic acids is 2. The summed E-state index contributed by atoms with van der Waals surface area (Å²) in [6.45, 7) is 4.14. The number of nitrogens with zero attached hydrogens (tertiary/aromatic N) is 1. The molecule has 0 rings (SSSR count). The number of carbonyl (C=O) groups is 2. The highest BCUT2D eigenvalue weighted by atomic mass is 31.2. The predicted octanol–water partition coefficient (Wildman–Crippen LogP) is 14.1. The van der Waals surface area contributed by atoms with Crippen molar-refractivity contribution < 1.29 is 42.1 Å². The number of hydrogen-bond donors (Lipinski definition) is 0. The molecule has 354 valence electrons. The largest absolute Gasteiger partial charge is 0.756 e. The topological polar surface area (TPSA) is 111 Å². The molecule has 0 heterocycles. The lowest BCUT2D eigenvalue weighted by atomic mass is 10.0.